The van der Waals surface area contributed by atoms with Crippen LogP contribution in [0.3, 0.4) is 0 Å². The highest BCUT2D eigenvalue weighted by Crippen LogP contribution is 2.43. The van der Waals surface area contributed by atoms with Crippen LogP contribution in [0.2, 0.25) is 0 Å². The lowest BCUT2D eigenvalue weighted by atomic mass is 9.93. The lowest BCUT2D eigenvalue weighted by Gasteiger charge is -2.22. The molecule has 3 aromatic rings. The van der Waals surface area contributed by atoms with E-state index in [-0.39, 0.29) is 61.1 Å². The van der Waals surface area contributed by atoms with Crippen LogP contribution in [0.1, 0.15) is 88.1 Å². The molecule has 0 bridgehead atoms. The molecule has 308 valence electrons. The van der Waals surface area contributed by atoms with E-state index in [9.17, 15) is 39.3 Å². The number of thiocarbonyl (C=S) groups is 1. The molecule has 1 atom stereocenters. The number of halogens is 1. The molecule has 0 fully saturated rings. The molecule has 0 aliphatic heterocycles. The highest BCUT2D eigenvalue weighted by Gasteiger charge is 2.37. The number of benzene rings is 3. The summed E-state index contributed by atoms with van der Waals surface area (Å²) in [5.74, 6) is -6.01. The van der Waals surface area contributed by atoms with Crippen LogP contribution in [-0.4, -0.2) is 64.6 Å². The van der Waals surface area contributed by atoms with Crippen LogP contribution in [-0.2, 0) is 19.1 Å². The number of aliphatic hydroxyl groups is 1. The molecule has 0 amide bonds. The molecular weight excluding hydrogens is 836 g/mol. The van der Waals surface area contributed by atoms with Gasteiger partial charge in [0.15, 0.2) is 17.5 Å². The zero-order valence-electron chi connectivity index (χ0n) is 34.2. The molecule has 0 spiro atoms. The summed E-state index contributed by atoms with van der Waals surface area (Å²) in [7, 11) is 2.84. The van der Waals surface area contributed by atoms with Crippen molar-refractivity contribution in [2.24, 2.45) is 5.92 Å². The third kappa shape index (κ3) is 9.48. The van der Waals surface area contributed by atoms with Gasteiger partial charge in [-0.1, -0.05) is 12.2 Å². The maximum Gasteiger partial charge on any atom is 0.347 e. The van der Waals surface area contributed by atoms with Crippen molar-refractivity contribution in [3.05, 3.63) is 113 Å². The number of esters is 3. The number of rotatable bonds is 10. The quantitative estimate of drug-likeness (QED) is 0.0437. The number of aromatic hydroxyl groups is 1. The first-order valence-electron chi connectivity index (χ1n) is 17.5. The van der Waals surface area contributed by atoms with E-state index < -0.39 is 41.3 Å². The molecule has 0 radical (unpaired) electrons. The van der Waals surface area contributed by atoms with E-state index in [0.29, 0.717) is 38.9 Å². The molecular formula is C43H45BrO13S. The Morgan fingerprint density at radius 2 is 1.24 bits per heavy atom. The second-order valence-corrected chi connectivity index (χ2v) is 14.5. The normalized spacial score (nSPS) is 13.6. The Bertz CT molecular complexity index is 2290. The van der Waals surface area contributed by atoms with Gasteiger partial charge in [0, 0.05) is 17.5 Å². The van der Waals surface area contributed by atoms with Gasteiger partial charge >= 0.3 is 23.9 Å². The molecule has 58 heavy (non-hydrogen) atoms. The molecule has 0 aromatic heterocycles. The maximum absolute atomic E-state index is 13.6. The van der Waals surface area contributed by atoms with E-state index in [1.54, 1.807) is 68.6 Å². The smallest absolute Gasteiger partial charge is 0.347 e. The molecule has 0 heterocycles. The molecule has 1 unspecified atom stereocenters. The number of phenols is 1. The molecule has 3 N–H and O–H groups in total. The average Bonchev–Trinajstić information content (AvgIpc) is 3.15. The molecule has 4 rings (SSSR count). The Kier molecular flexibility index (Phi) is 15.3. The Labute approximate surface area is 350 Å². The van der Waals surface area contributed by atoms with Crippen molar-refractivity contribution in [3.63, 3.8) is 0 Å². The van der Waals surface area contributed by atoms with Crippen LogP contribution in [0, 0.1) is 68.2 Å². The number of hydrogen-bond acceptors (Lipinski definition) is 13. The summed E-state index contributed by atoms with van der Waals surface area (Å²) in [4.78, 5) is 64.6. The van der Waals surface area contributed by atoms with Gasteiger partial charge in [-0.05, 0) is 147 Å². The van der Waals surface area contributed by atoms with E-state index in [1.807, 2.05) is 6.92 Å². The van der Waals surface area contributed by atoms with Crippen LogP contribution in [0.25, 0.3) is 0 Å². The van der Waals surface area contributed by atoms with E-state index in [0.717, 1.165) is 17.9 Å². The molecule has 13 nitrogen and oxygen atoms in total. The fraction of sp³-hybridized carbons (Fsp3) is 0.302. The van der Waals surface area contributed by atoms with Crippen LogP contribution < -0.4 is 14.2 Å². The zero-order valence-corrected chi connectivity index (χ0v) is 36.6. The first kappa shape index (κ1) is 46.6. The summed E-state index contributed by atoms with van der Waals surface area (Å²) in [5, 5.41) is 32.1. The van der Waals surface area contributed by atoms with Gasteiger partial charge in [0.2, 0.25) is 0 Å². The van der Waals surface area contributed by atoms with Crippen LogP contribution >= 0.6 is 28.1 Å². The number of carbonyl (C=O) groups excluding carboxylic acids is 4. The minimum absolute atomic E-state index is 0.116. The molecule has 1 aliphatic rings. The van der Waals surface area contributed by atoms with Gasteiger partial charge in [0.25, 0.3) is 0 Å². The number of hydrogen-bond donors (Lipinski definition) is 3. The molecule has 15 heteroatoms. The van der Waals surface area contributed by atoms with E-state index >= 15 is 0 Å². The van der Waals surface area contributed by atoms with Gasteiger partial charge in [-0.25, -0.2) is 14.4 Å². The fourth-order valence-electron chi connectivity index (χ4n) is 6.17. The van der Waals surface area contributed by atoms with Gasteiger partial charge in [-0.3, -0.25) is 9.59 Å². The Hall–Kier alpha value is -5.80. The van der Waals surface area contributed by atoms with Gasteiger partial charge in [-0.15, -0.1) is 0 Å². The number of aliphatic hydroxyl groups excluding tert-OH is 1. The van der Waals surface area contributed by atoms with Crippen molar-refractivity contribution in [1.29, 1.82) is 0 Å². The van der Waals surface area contributed by atoms with Crippen molar-refractivity contribution in [2.75, 3.05) is 14.2 Å². The van der Waals surface area contributed by atoms with Crippen molar-refractivity contribution in [1.82, 2.24) is 0 Å². The molecule has 0 saturated heterocycles. The van der Waals surface area contributed by atoms with Crippen molar-refractivity contribution in [2.45, 2.75) is 69.2 Å². The lowest BCUT2D eigenvalue weighted by molar-refractivity contribution is -0.142. The van der Waals surface area contributed by atoms with E-state index in [1.165, 1.54) is 25.5 Å². The highest BCUT2D eigenvalue weighted by atomic mass is 79.9. The van der Waals surface area contributed by atoms with Crippen molar-refractivity contribution >= 4 is 63.2 Å². The fourth-order valence-corrected chi connectivity index (χ4v) is 6.94. The second kappa shape index (κ2) is 19.1. The number of ether oxygens (including phenoxy) is 5. The predicted octanol–water partition coefficient (Wildman–Crippen LogP) is 8.68. The topological polar surface area (TPSA) is 192 Å². The highest BCUT2D eigenvalue weighted by molar-refractivity contribution is 9.10. The number of phenolic OH excluding ortho intramolecular Hbond substituents is 1. The van der Waals surface area contributed by atoms with Gasteiger partial charge < -0.3 is 39.0 Å². The van der Waals surface area contributed by atoms with E-state index in [4.69, 9.17) is 23.7 Å². The first-order chi connectivity index (χ1) is 27.0. The first-order valence-corrected chi connectivity index (χ1v) is 18.8. The average molecular weight is 882 g/mol. The number of aromatic carboxylic acids is 1. The lowest BCUT2D eigenvalue weighted by Crippen LogP contribution is -2.32. The summed E-state index contributed by atoms with van der Waals surface area (Å²) >= 11 is 7.71. The Morgan fingerprint density at radius 1 is 0.724 bits per heavy atom. The summed E-state index contributed by atoms with van der Waals surface area (Å²) < 4.78 is 26.8. The van der Waals surface area contributed by atoms with Crippen molar-refractivity contribution < 1.29 is 63.0 Å². The zero-order chi connectivity index (χ0) is 44.1. The van der Waals surface area contributed by atoms with Crippen LogP contribution in [0.5, 0.6) is 23.0 Å². The maximum atomic E-state index is 13.6. The summed E-state index contributed by atoms with van der Waals surface area (Å²) in [5.41, 5.74) is 4.04. The Morgan fingerprint density at radius 3 is 1.74 bits per heavy atom. The minimum Gasteiger partial charge on any atom is -0.508 e. The summed E-state index contributed by atoms with van der Waals surface area (Å²) in [6.45, 7) is 16.6. The minimum atomic E-state index is -1.50. The standard InChI is InChI=1S/C38H37BrO12.C5H8OS/c1-14-11-25(15(2)16(3)27(14)36(45)50-33-20(7)17(4)28(35(43)44)18(5)21(33)8)49-37(46)29-19(6)22(9)34(31(39)32(29)42)51-38(47)30-24(41)12-23(40)13-26(30)48-10;1-5(6-2)3-4-7/h11-13,30,40,42H,1-10H3,(H,43,44);3-4H,1-2H3/b;5-3+. The number of ketones is 1. The number of carbonyl (C=O) groups is 5. The van der Waals surface area contributed by atoms with Crippen molar-refractivity contribution in [3.8, 4) is 23.0 Å². The third-order valence-electron chi connectivity index (χ3n) is 10.00. The van der Waals surface area contributed by atoms with E-state index in [2.05, 4.69) is 28.1 Å². The Balaban J connectivity index is 0.00000117. The SMILES string of the molecule is CO/C(C)=C/C=S.COC1=CC(O)=CC(=O)C1C(=O)Oc1c(C)c(C)c(C(=O)Oc2cc(C)c(C(=O)Oc3c(C)c(C)c(C(=O)O)c(C)c3C)c(C)c2C)c(O)c1Br. The second-order valence-electron chi connectivity index (χ2n) is 13.4. The van der Waals surface area contributed by atoms with Crippen LogP contribution in [0.15, 0.2) is 46.0 Å². The molecule has 1 aliphatic carbocycles. The number of allylic oxidation sites excluding steroid dienone is 4. The molecule has 0 saturated carbocycles. The van der Waals surface area contributed by atoms with Gasteiger partial charge in [0.1, 0.15) is 38.8 Å². The number of aryl methyl sites for hydroxylation is 1. The number of methoxy groups -OCH3 is 2. The number of carboxylic acids is 1. The van der Waals surface area contributed by atoms with Gasteiger partial charge in [0.05, 0.1) is 31.1 Å². The predicted molar refractivity (Wildman–Crippen MR) is 223 cm³/mol. The number of carboxylic acid groups (broad SMARTS) is 1. The third-order valence-corrected chi connectivity index (χ3v) is 10.9. The monoisotopic (exact) mass is 880 g/mol. The van der Waals surface area contributed by atoms with Gasteiger partial charge in [-0.2, -0.15) is 0 Å². The van der Waals surface area contributed by atoms with Crippen LogP contribution in [0.4, 0.5) is 0 Å². The molecule has 3 aromatic carbocycles. The summed E-state index contributed by atoms with van der Waals surface area (Å²) in [6.07, 6.45) is 3.71. The summed E-state index contributed by atoms with van der Waals surface area (Å²) in [6, 6.07) is 1.50. The largest absolute Gasteiger partial charge is 0.508 e.